The molecule has 0 amide bonds. The summed E-state index contributed by atoms with van der Waals surface area (Å²) >= 11 is 1.63. The van der Waals surface area contributed by atoms with E-state index in [0.29, 0.717) is 6.54 Å². The quantitative estimate of drug-likeness (QED) is 0.620. The molecular weight excluding hydrogens is 306 g/mol. The lowest BCUT2D eigenvalue weighted by molar-refractivity contribution is 1.05. The molecule has 0 unspecified atom stereocenters. The molecule has 0 fully saturated rings. The summed E-state index contributed by atoms with van der Waals surface area (Å²) in [5, 5.41) is 6.32. The summed E-state index contributed by atoms with van der Waals surface area (Å²) in [7, 11) is 0. The van der Waals surface area contributed by atoms with Gasteiger partial charge in [0.15, 0.2) is 0 Å². The van der Waals surface area contributed by atoms with Crippen molar-refractivity contribution in [1.29, 1.82) is 0 Å². The van der Waals surface area contributed by atoms with Gasteiger partial charge in [-0.25, -0.2) is 9.97 Å². The van der Waals surface area contributed by atoms with Crippen LogP contribution in [-0.4, -0.2) is 19.9 Å². The Bertz CT molecular complexity index is 936. The van der Waals surface area contributed by atoms with Gasteiger partial charge in [-0.15, -0.1) is 11.3 Å². The smallest absolute Gasteiger partial charge is 0.145 e. The number of fused-ring (bicyclic) bond motifs is 1. The summed E-state index contributed by atoms with van der Waals surface area (Å²) in [6.45, 7) is 0.620. The minimum Gasteiger partial charge on any atom is -0.363 e. The Kier molecular flexibility index (Phi) is 3.65. The Morgan fingerprint density at radius 1 is 0.957 bits per heavy atom. The van der Waals surface area contributed by atoms with Crippen LogP contribution in [0.1, 0.15) is 5.69 Å². The third kappa shape index (κ3) is 3.02. The average molecular weight is 319 g/mol. The lowest BCUT2D eigenvalue weighted by Crippen LogP contribution is -2.02. The summed E-state index contributed by atoms with van der Waals surface area (Å²) < 4.78 is 0. The van der Waals surface area contributed by atoms with E-state index in [2.05, 4.69) is 30.6 Å². The minimum atomic E-state index is 0.620. The first kappa shape index (κ1) is 13.8. The van der Waals surface area contributed by atoms with Crippen molar-refractivity contribution in [3.8, 4) is 10.6 Å². The summed E-state index contributed by atoms with van der Waals surface area (Å²) in [5.41, 5.74) is 3.85. The number of hydrogen-bond acceptors (Lipinski definition) is 6. The van der Waals surface area contributed by atoms with E-state index >= 15 is 0 Å². The van der Waals surface area contributed by atoms with Crippen molar-refractivity contribution in [1.82, 2.24) is 19.9 Å². The van der Waals surface area contributed by atoms with Crippen molar-refractivity contribution in [3.05, 3.63) is 66.1 Å². The number of rotatable bonds is 4. The summed E-state index contributed by atoms with van der Waals surface area (Å²) in [4.78, 5) is 17.6. The lowest BCUT2D eigenvalue weighted by Gasteiger charge is -2.04. The monoisotopic (exact) mass is 319 g/mol. The molecular formula is C17H13N5S. The van der Waals surface area contributed by atoms with E-state index in [9.17, 15) is 0 Å². The second-order valence-corrected chi connectivity index (χ2v) is 5.84. The number of anilines is 1. The number of nitrogens with one attached hydrogen (secondary N) is 1. The van der Waals surface area contributed by atoms with Crippen molar-refractivity contribution >= 4 is 28.2 Å². The molecule has 0 aliphatic carbocycles. The molecule has 5 nitrogen and oxygen atoms in total. The fraction of sp³-hybridized carbons (Fsp3) is 0.0588. The van der Waals surface area contributed by atoms with E-state index < -0.39 is 0 Å². The third-order valence-corrected chi connectivity index (χ3v) is 4.32. The van der Waals surface area contributed by atoms with E-state index in [0.717, 1.165) is 33.1 Å². The Morgan fingerprint density at radius 3 is 2.65 bits per heavy atom. The summed E-state index contributed by atoms with van der Waals surface area (Å²) in [5.74, 6) is 0.752. The van der Waals surface area contributed by atoms with Crippen LogP contribution in [0.25, 0.3) is 21.6 Å². The molecule has 0 aliphatic heterocycles. The van der Waals surface area contributed by atoms with Gasteiger partial charge in [-0.05, 0) is 24.3 Å². The molecule has 0 spiro atoms. The standard InChI is InChI=1S/C17H13N5S/c1-2-4-15-14(3-1)19-10-16(22-15)20-9-13-11-23-17(21-13)12-5-7-18-8-6-12/h1-8,10-11H,9H2,(H,20,22). The Morgan fingerprint density at radius 2 is 1.78 bits per heavy atom. The largest absolute Gasteiger partial charge is 0.363 e. The van der Waals surface area contributed by atoms with Crippen LogP contribution in [0.4, 0.5) is 5.82 Å². The molecule has 112 valence electrons. The van der Waals surface area contributed by atoms with Gasteiger partial charge in [-0.3, -0.25) is 9.97 Å². The van der Waals surface area contributed by atoms with Crippen molar-refractivity contribution in [2.24, 2.45) is 0 Å². The fourth-order valence-electron chi connectivity index (χ4n) is 2.24. The number of nitrogens with zero attached hydrogens (tertiary/aromatic N) is 4. The number of aromatic nitrogens is 4. The topological polar surface area (TPSA) is 63.6 Å². The predicted molar refractivity (Wildman–Crippen MR) is 92.2 cm³/mol. The van der Waals surface area contributed by atoms with Crippen molar-refractivity contribution in [2.45, 2.75) is 6.54 Å². The molecule has 4 rings (SSSR count). The second-order valence-electron chi connectivity index (χ2n) is 4.98. The van der Waals surface area contributed by atoms with Crippen LogP contribution in [0.5, 0.6) is 0 Å². The van der Waals surface area contributed by atoms with Crippen LogP contribution in [0.2, 0.25) is 0 Å². The van der Waals surface area contributed by atoms with Crippen LogP contribution in [0, 0.1) is 0 Å². The average Bonchev–Trinajstić information content (AvgIpc) is 3.10. The number of hydrogen-bond donors (Lipinski definition) is 1. The first-order valence-electron chi connectivity index (χ1n) is 7.19. The van der Waals surface area contributed by atoms with Crippen molar-refractivity contribution < 1.29 is 0 Å². The molecule has 1 aromatic carbocycles. The molecule has 0 aliphatic rings. The number of para-hydroxylation sites is 2. The SMILES string of the molecule is c1ccc2nc(NCc3csc(-c4ccncc4)n3)cnc2c1. The van der Waals surface area contributed by atoms with E-state index in [4.69, 9.17) is 0 Å². The van der Waals surface area contributed by atoms with E-state index in [-0.39, 0.29) is 0 Å². The molecule has 0 radical (unpaired) electrons. The fourth-order valence-corrected chi connectivity index (χ4v) is 3.06. The normalized spacial score (nSPS) is 10.8. The highest BCUT2D eigenvalue weighted by Crippen LogP contribution is 2.23. The highest BCUT2D eigenvalue weighted by Gasteiger charge is 2.05. The maximum atomic E-state index is 4.64. The van der Waals surface area contributed by atoms with Crippen LogP contribution in [-0.2, 0) is 6.54 Å². The van der Waals surface area contributed by atoms with Gasteiger partial charge in [0.25, 0.3) is 0 Å². The van der Waals surface area contributed by atoms with Crippen LogP contribution >= 0.6 is 11.3 Å². The summed E-state index contributed by atoms with van der Waals surface area (Å²) in [6, 6.07) is 11.8. The maximum Gasteiger partial charge on any atom is 0.145 e. The van der Waals surface area contributed by atoms with Gasteiger partial charge in [-0.1, -0.05) is 12.1 Å². The van der Waals surface area contributed by atoms with Gasteiger partial charge in [0.05, 0.1) is 29.5 Å². The minimum absolute atomic E-state index is 0.620. The molecule has 0 saturated heterocycles. The zero-order chi connectivity index (χ0) is 15.5. The Hall–Kier alpha value is -2.86. The van der Waals surface area contributed by atoms with Gasteiger partial charge >= 0.3 is 0 Å². The first-order chi connectivity index (χ1) is 11.4. The zero-order valence-electron chi connectivity index (χ0n) is 12.2. The number of thiazole rings is 1. The van der Waals surface area contributed by atoms with E-state index in [1.54, 1.807) is 29.9 Å². The van der Waals surface area contributed by atoms with Gasteiger partial charge in [-0.2, -0.15) is 0 Å². The van der Waals surface area contributed by atoms with E-state index in [1.807, 2.05) is 36.4 Å². The van der Waals surface area contributed by atoms with Crippen LogP contribution in [0.15, 0.2) is 60.4 Å². The van der Waals surface area contributed by atoms with Gasteiger partial charge in [0.1, 0.15) is 10.8 Å². The first-order valence-corrected chi connectivity index (χ1v) is 8.07. The molecule has 6 heteroatoms. The second kappa shape index (κ2) is 6.10. The van der Waals surface area contributed by atoms with E-state index in [1.165, 1.54) is 0 Å². The zero-order valence-corrected chi connectivity index (χ0v) is 13.0. The molecule has 0 atom stereocenters. The van der Waals surface area contributed by atoms with Gasteiger partial charge < -0.3 is 5.32 Å². The maximum absolute atomic E-state index is 4.64. The Balaban J connectivity index is 1.49. The Labute approximate surface area is 137 Å². The molecule has 3 heterocycles. The molecule has 0 saturated carbocycles. The van der Waals surface area contributed by atoms with Crippen LogP contribution in [0.3, 0.4) is 0 Å². The van der Waals surface area contributed by atoms with Crippen molar-refractivity contribution in [3.63, 3.8) is 0 Å². The number of pyridine rings is 1. The van der Waals surface area contributed by atoms with Crippen LogP contribution < -0.4 is 5.32 Å². The molecule has 1 N–H and O–H groups in total. The lowest BCUT2D eigenvalue weighted by atomic mass is 10.3. The molecule has 0 bridgehead atoms. The summed E-state index contributed by atoms with van der Waals surface area (Å²) in [6.07, 6.45) is 5.30. The molecule has 3 aromatic heterocycles. The van der Waals surface area contributed by atoms with Gasteiger partial charge in [0.2, 0.25) is 0 Å². The number of benzene rings is 1. The highest BCUT2D eigenvalue weighted by atomic mass is 32.1. The predicted octanol–water partition coefficient (Wildman–Crippen LogP) is 3.76. The van der Waals surface area contributed by atoms with Gasteiger partial charge in [0, 0.05) is 23.3 Å². The molecule has 4 aromatic rings. The highest BCUT2D eigenvalue weighted by molar-refractivity contribution is 7.13. The molecule has 23 heavy (non-hydrogen) atoms. The van der Waals surface area contributed by atoms with Crippen molar-refractivity contribution in [2.75, 3.05) is 5.32 Å². The third-order valence-electron chi connectivity index (χ3n) is 3.38.